The third-order valence-corrected chi connectivity index (χ3v) is 6.39. The van der Waals surface area contributed by atoms with Crippen LogP contribution in [0.2, 0.25) is 0 Å². The molecule has 3 rings (SSSR count). The van der Waals surface area contributed by atoms with Gasteiger partial charge in [0.15, 0.2) is 0 Å². The van der Waals surface area contributed by atoms with Crippen molar-refractivity contribution in [2.45, 2.75) is 57.9 Å². The van der Waals surface area contributed by atoms with Crippen LogP contribution in [0.3, 0.4) is 0 Å². The van der Waals surface area contributed by atoms with E-state index in [1.165, 1.54) is 17.5 Å². The van der Waals surface area contributed by atoms with Crippen LogP contribution in [-0.2, 0) is 6.42 Å². The molecule has 2 aliphatic rings. The maximum atomic E-state index is 12.3. The van der Waals surface area contributed by atoms with Gasteiger partial charge in [0.2, 0.25) is 0 Å². The third-order valence-electron chi connectivity index (χ3n) is 6.39. The molecule has 0 aliphatic heterocycles. The van der Waals surface area contributed by atoms with Crippen LogP contribution in [0.4, 0.5) is 4.79 Å². The Labute approximate surface area is 145 Å². The predicted molar refractivity (Wildman–Crippen MR) is 96.0 cm³/mol. The van der Waals surface area contributed by atoms with Crippen molar-refractivity contribution < 1.29 is 9.90 Å². The first kappa shape index (κ1) is 17.3. The van der Waals surface area contributed by atoms with E-state index in [0.717, 1.165) is 25.7 Å². The Bertz CT molecular complexity index is 583. The monoisotopic (exact) mass is 330 g/mol. The summed E-state index contributed by atoms with van der Waals surface area (Å²) in [5, 5.41) is 15.5. The minimum absolute atomic E-state index is 0.00893. The number of rotatable bonds is 7. The Kier molecular flexibility index (Phi) is 5.14. The average molecular weight is 330 g/mol. The standard InChI is InChI=1S/C20H30N2O2/c1-3-20(4-2,11-12-23)13-21-19(24)22-18-16-10-9-14-7-5-6-8-15(14)17(16)18/h5-8,16-18,23H,3-4,9-13H2,1-2H3,(H2,21,22,24). The summed E-state index contributed by atoms with van der Waals surface area (Å²) in [5.41, 5.74) is 2.88. The maximum Gasteiger partial charge on any atom is 0.315 e. The van der Waals surface area contributed by atoms with Gasteiger partial charge >= 0.3 is 6.03 Å². The van der Waals surface area contributed by atoms with E-state index in [9.17, 15) is 9.90 Å². The molecule has 1 aromatic rings. The van der Waals surface area contributed by atoms with E-state index in [0.29, 0.717) is 18.4 Å². The van der Waals surface area contributed by atoms with Gasteiger partial charge in [0, 0.05) is 25.1 Å². The molecule has 3 unspecified atom stereocenters. The van der Waals surface area contributed by atoms with Crippen LogP contribution in [0.25, 0.3) is 0 Å². The van der Waals surface area contributed by atoms with E-state index >= 15 is 0 Å². The molecule has 2 amide bonds. The van der Waals surface area contributed by atoms with Crippen LogP contribution in [-0.4, -0.2) is 30.3 Å². The number of aliphatic hydroxyl groups excluding tert-OH is 1. The Balaban J connectivity index is 1.54. The Morgan fingerprint density at radius 2 is 2.04 bits per heavy atom. The van der Waals surface area contributed by atoms with Crippen molar-refractivity contribution >= 4 is 6.03 Å². The molecule has 0 bridgehead atoms. The van der Waals surface area contributed by atoms with Crippen molar-refractivity contribution in [1.29, 1.82) is 0 Å². The van der Waals surface area contributed by atoms with Crippen molar-refractivity contribution in [3.63, 3.8) is 0 Å². The molecule has 1 aromatic carbocycles. The number of hydrogen-bond donors (Lipinski definition) is 3. The molecule has 0 spiro atoms. The molecular formula is C20H30N2O2. The van der Waals surface area contributed by atoms with E-state index in [1.54, 1.807) is 0 Å². The summed E-state index contributed by atoms with van der Waals surface area (Å²) in [6.07, 6.45) is 4.97. The summed E-state index contributed by atoms with van der Waals surface area (Å²) >= 11 is 0. The quantitative estimate of drug-likeness (QED) is 0.719. The summed E-state index contributed by atoms with van der Waals surface area (Å²) in [4.78, 5) is 12.3. The van der Waals surface area contributed by atoms with E-state index in [2.05, 4.69) is 48.7 Å². The van der Waals surface area contributed by atoms with Crippen LogP contribution in [0.1, 0.15) is 56.6 Å². The number of amides is 2. The molecule has 0 aromatic heterocycles. The largest absolute Gasteiger partial charge is 0.396 e. The number of fused-ring (bicyclic) bond motifs is 3. The van der Waals surface area contributed by atoms with Crippen molar-refractivity contribution in [3.05, 3.63) is 35.4 Å². The Morgan fingerprint density at radius 3 is 2.75 bits per heavy atom. The number of aliphatic hydroxyl groups is 1. The lowest BCUT2D eigenvalue weighted by Crippen LogP contribution is -2.44. The highest BCUT2D eigenvalue weighted by Gasteiger charge is 2.53. The summed E-state index contributed by atoms with van der Waals surface area (Å²) in [6.45, 7) is 5.07. The number of carbonyl (C=O) groups excluding carboxylic acids is 1. The lowest BCUT2D eigenvalue weighted by molar-refractivity contribution is 0.163. The van der Waals surface area contributed by atoms with Gasteiger partial charge in [0.1, 0.15) is 0 Å². The van der Waals surface area contributed by atoms with Gasteiger partial charge in [-0.3, -0.25) is 0 Å². The maximum absolute atomic E-state index is 12.3. The van der Waals surface area contributed by atoms with Gasteiger partial charge in [-0.2, -0.15) is 0 Å². The number of hydrogen-bond acceptors (Lipinski definition) is 2. The van der Waals surface area contributed by atoms with E-state index in [4.69, 9.17) is 0 Å². The number of benzene rings is 1. The summed E-state index contributed by atoms with van der Waals surface area (Å²) in [7, 11) is 0. The van der Waals surface area contributed by atoms with Gasteiger partial charge < -0.3 is 15.7 Å². The Morgan fingerprint density at radius 1 is 1.29 bits per heavy atom. The first-order chi connectivity index (χ1) is 11.6. The van der Waals surface area contributed by atoms with Crippen molar-refractivity contribution in [2.24, 2.45) is 11.3 Å². The topological polar surface area (TPSA) is 61.4 Å². The van der Waals surface area contributed by atoms with Gasteiger partial charge in [-0.25, -0.2) is 4.79 Å². The molecule has 24 heavy (non-hydrogen) atoms. The highest BCUT2D eigenvalue weighted by atomic mass is 16.3. The van der Waals surface area contributed by atoms with Crippen LogP contribution >= 0.6 is 0 Å². The molecule has 1 saturated carbocycles. The smallest absolute Gasteiger partial charge is 0.315 e. The molecule has 4 heteroatoms. The molecule has 3 atom stereocenters. The number of aryl methyl sites for hydroxylation is 1. The summed E-state index contributed by atoms with van der Waals surface area (Å²) in [5.74, 6) is 1.10. The lowest BCUT2D eigenvalue weighted by Gasteiger charge is -2.31. The highest BCUT2D eigenvalue weighted by molar-refractivity contribution is 5.75. The predicted octanol–water partition coefficient (Wildman–Crippen LogP) is 3.20. The van der Waals surface area contributed by atoms with Gasteiger partial charge in [0.05, 0.1) is 0 Å². The van der Waals surface area contributed by atoms with Gasteiger partial charge in [-0.15, -0.1) is 0 Å². The van der Waals surface area contributed by atoms with Crippen LogP contribution < -0.4 is 10.6 Å². The van der Waals surface area contributed by atoms with Crippen molar-refractivity contribution in [1.82, 2.24) is 10.6 Å². The zero-order chi connectivity index (χ0) is 17.2. The molecule has 0 saturated heterocycles. The average Bonchev–Trinajstić information content (AvgIpc) is 3.32. The minimum Gasteiger partial charge on any atom is -0.396 e. The number of nitrogens with one attached hydrogen (secondary N) is 2. The third kappa shape index (κ3) is 3.30. The number of carbonyl (C=O) groups is 1. The SMILES string of the molecule is CCC(CC)(CCO)CNC(=O)NC1C2CCc3ccccc3C21. The zero-order valence-electron chi connectivity index (χ0n) is 14.8. The van der Waals surface area contributed by atoms with Crippen LogP contribution in [0.5, 0.6) is 0 Å². The second-order valence-corrected chi connectivity index (χ2v) is 7.46. The van der Waals surface area contributed by atoms with Crippen molar-refractivity contribution in [3.8, 4) is 0 Å². The summed E-state index contributed by atoms with van der Waals surface area (Å²) < 4.78 is 0. The van der Waals surface area contributed by atoms with E-state index < -0.39 is 0 Å². The Hall–Kier alpha value is -1.55. The fourth-order valence-electron chi connectivity index (χ4n) is 4.41. The van der Waals surface area contributed by atoms with Crippen molar-refractivity contribution in [2.75, 3.05) is 13.2 Å². The van der Waals surface area contributed by atoms with E-state index in [1.807, 2.05) is 0 Å². The van der Waals surface area contributed by atoms with Gasteiger partial charge in [-0.05, 0) is 54.6 Å². The molecule has 132 valence electrons. The molecule has 0 radical (unpaired) electrons. The summed E-state index contributed by atoms with van der Waals surface area (Å²) in [6, 6.07) is 8.86. The second-order valence-electron chi connectivity index (χ2n) is 7.46. The zero-order valence-corrected chi connectivity index (χ0v) is 14.8. The lowest BCUT2D eigenvalue weighted by atomic mass is 9.79. The van der Waals surface area contributed by atoms with Crippen LogP contribution in [0.15, 0.2) is 24.3 Å². The minimum atomic E-state index is -0.0592. The van der Waals surface area contributed by atoms with Crippen LogP contribution in [0, 0.1) is 11.3 Å². The first-order valence-corrected chi connectivity index (χ1v) is 9.37. The fourth-order valence-corrected chi connectivity index (χ4v) is 4.41. The molecule has 4 nitrogen and oxygen atoms in total. The highest BCUT2D eigenvalue weighted by Crippen LogP contribution is 2.54. The van der Waals surface area contributed by atoms with Gasteiger partial charge in [-0.1, -0.05) is 38.1 Å². The normalized spacial score (nSPS) is 24.7. The van der Waals surface area contributed by atoms with Gasteiger partial charge in [0.25, 0.3) is 0 Å². The number of urea groups is 1. The molecular weight excluding hydrogens is 300 g/mol. The second kappa shape index (κ2) is 7.14. The molecule has 0 heterocycles. The fraction of sp³-hybridized carbons (Fsp3) is 0.650. The first-order valence-electron chi connectivity index (χ1n) is 9.37. The molecule has 2 aliphatic carbocycles. The van der Waals surface area contributed by atoms with E-state index in [-0.39, 0.29) is 24.1 Å². The molecule has 3 N–H and O–H groups in total. The molecule has 1 fully saturated rings.